The van der Waals surface area contributed by atoms with Crippen molar-refractivity contribution in [2.45, 2.75) is 47.2 Å². The first-order chi connectivity index (χ1) is 71.2. The van der Waals surface area contributed by atoms with Crippen LogP contribution in [-0.2, 0) is 22.6 Å². The third-order valence-electron chi connectivity index (χ3n) is 24.7. The summed E-state index contributed by atoms with van der Waals surface area (Å²) in [6.07, 6.45) is -0.732. The average molecular weight is 2010 g/mol. The summed E-state index contributed by atoms with van der Waals surface area (Å²) in [6.45, 7) is 11.2. The molecule has 1 fully saturated rings. The SMILES string of the molecule is CCc1c(F)cnc2c1c(=O)cc(Nc1ccccc1)n2-c1ccccc1.Cc1c(F)cnc2c1c(=O)cc(Nc1ccccc1)n2-c1ccccc1.Cc1cc(N2CCN(S(C)(=O)=O)CC2)nc2c1c(=O)cc(Nc1ccccc1)n2-c1ccccc1.Cc1cc2c(=O)cc(Nc3ccccc3)n(-c3ccccc3)c2nc1C.O=c1cc(Nc2ccccc2)n(-c2ccccc2)c2nc(-c3ccsc3)cc(C(F)(F)F)c12.[HH].[HH].[HH].[HH].[HH]. The number of hydrogen-bond acceptors (Lipinski definition) is 19. The molecule has 0 atom stereocenters. The number of rotatable bonds is 19. The van der Waals surface area contributed by atoms with Crippen LogP contribution in [0.5, 0.6) is 0 Å². The van der Waals surface area contributed by atoms with Crippen LogP contribution in [-0.4, -0.2) is 92.9 Å². The van der Waals surface area contributed by atoms with Crippen LogP contribution in [0.4, 0.5) is 85.3 Å². The Morgan fingerprint density at radius 2 is 0.707 bits per heavy atom. The molecule has 22 rings (SSSR count). The summed E-state index contributed by atoms with van der Waals surface area (Å²) in [5, 5.41) is 21.3. The van der Waals surface area contributed by atoms with Gasteiger partial charge in [-0.2, -0.15) is 28.8 Å². The Morgan fingerprint density at radius 3 is 1.08 bits per heavy atom. The highest BCUT2D eigenvalue weighted by Gasteiger charge is 2.37. The zero-order valence-corrected chi connectivity index (χ0v) is 82.0. The van der Waals surface area contributed by atoms with Gasteiger partial charge in [0.05, 0.1) is 56.8 Å². The van der Waals surface area contributed by atoms with Crippen LogP contribution in [0.25, 0.3) is 94.9 Å². The number of anilines is 11. The number of alkyl halides is 3. The third-order valence-corrected chi connectivity index (χ3v) is 26.7. The van der Waals surface area contributed by atoms with Crippen molar-refractivity contribution in [1.82, 2.24) is 52.1 Å². The van der Waals surface area contributed by atoms with E-state index in [-0.39, 0.29) is 45.6 Å². The molecule has 5 N–H and O–H groups in total. The third kappa shape index (κ3) is 22.2. The van der Waals surface area contributed by atoms with E-state index in [2.05, 4.69) is 46.4 Å². The van der Waals surface area contributed by atoms with E-state index in [4.69, 9.17) is 9.97 Å². The number of aryl methyl sites for hydroxylation is 5. The van der Waals surface area contributed by atoms with Crippen LogP contribution in [0.3, 0.4) is 0 Å². The standard InChI is InChI=1S/C26H27N5O3S.C25H16F3N3OS.C22H18FN3O.C22H19N3O.C21H16FN3O.5H2/c1-19-17-23(29-13-15-30(16-14-29)35(2,33)34)28-26-25(19)22(32)18-24(27-20-9-5-3-6-10-20)31(26)21-11-7-4-8-12-21;26-25(27,28)19-13-20(16-11-12-33-15-16)30-24-23(19)21(32)14-22(29-17-7-3-1-4-8-17)31(24)18-9-5-2-6-10-18;1-2-17-18(23)14-24-22-21(17)19(27)13-20(25-15-9-5-3-6-10-15)26(22)16-11-7-4-8-12-16;1-15-13-19-20(26)14-21(24-17-9-5-3-6-10-17)25(22(19)23-16(15)2)18-11-7-4-8-12-18;1-14-17(22)13-23-21-20(14)18(26)12-19(24-15-8-4-2-5-9-15)25(21)16-10-6-3-7-11-16;;;;;/h3-12,17-18,27H,13-16H2,1-2H3;1-15,29H;3-14,25H,2H2,1H3;3-14,24H,1-2H3;2-13,24H,1H3;5*1H. The van der Waals surface area contributed by atoms with E-state index in [1.54, 1.807) is 76.8 Å². The zero-order chi connectivity index (χ0) is 103. The van der Waals surface area contributed by atoms with Gasteiger partial charge in [0.1, 0.15) is 63.5 Å². The number of para-hydroxylation sites is 10. The molecule has 0 saturated carbocycles. The molecule has 0 amide bonds. The normalized spacial score (nSPS) is 12.0. The highest BCUT2D eigenvalue weighted by molar-refractivity contribution is 7.88. The van der Waals surface area contributed by atoms with Gasteiger partial charge >= 0.3 is 6.18 Å². The molecule has 0 spiro atoms. The molecule has 0 aliphatic carbocycles. The maximum absolute atomic E-state index is 14.3. The highest BCUT2D eigenvalue weighted by atomic mass is 32.2. The van der Waals surface area contributed by atoms with Crippen molar-refractivity contribution in [3.63, 3.8) is 0 Å². The van der Waals surface area contributed by atoms with Gasteiger partial charge in [-0.3, -0.25) is 46.8 Å². The van der Waals surface area contributed by atoms with Gasteiger partial charge in [-0.15, -0.1) is 0 Å². The maximum Gasteiger partial charge on any atom is 0.417 e. The smallest absolute Gasteiger partial charge is 0.354 e. The summed E-state index contributed by atoms with van der Waals surface area (Å²) in [6, 6.07) is 109. The number of nitrogens with zero attached hydrogens (tertiary/aromatic N) is 12. The molecule has 0 unspecified atom stereocenters. The molecule has 12 heterocycles. The second-order valence-electron chi connectivity index (χ2n) is 34.5. The predicted molar refractivity (Wildman–Crippen MR) is 591 cm³/mol. The number of thiophene rings is 1. The number of halogens is 5. The molecule has 31 heteroatoms. The van der Waals surface area contributed by atoms with Gasteiger partial charge in [-0.05, 0) is 196 Å². The van der Waals surface area contributed by atoms with Crippen LogP contribution in [0.15, 0.2) is 405 Å². The second kappa shape index (κ2) is 43.9. The summed E-state index contributed by atoms with van der Waals surface area (Å²) >= 11 is 1.36. The first-order valence-corrected chi connectivity index (χ1v) is 49.8. The Hall–Kier alpha value is -17.9. The number of sulfonamides is 1. The van der Waals surface area contributed by atoms with Crippen LogP contribution in [0.2, 0.25) is 0 Å². The number of piperazine rings is 1. The van der Waals surface area contributed by atoms with Gasteiger partial charge in [-0.25, -0.2) is 42.1 Å². The second-order valence-corrected chi connectivity index (χ2v) is 37.3. The molecule has 1 aliphatic rings. The van der Waals surface area contributed by atoms with Crippen LogP contribution >= 0.6 is 11.3 Å². The molecule has 11 aromatic heterocycles. The fraction of sp³-hybridized carbons (Fsp3) is 0.103. The summed E-state index contributed by atoms with van der Waals surface area (Å²) in [5.41, 5.74) is 11.9. The molecule has 744 valence electrons. The summed E-state index contributed by atoms with van der Waals surface area (Å²) in [5.74, 6) is 2.55. The van der Waals surface area contributed by atoms with E-state index in [9.17, 15) is 54.3 Å². The van der Waals surface area contributed by atoms with Crippen LogP contribution in [0, 0.1) is 39.3 Å². The molecule has 24 nitrogen and oxygen atoms in total. The van der Waals surface area contributed by atoms with Gasteiger partial charge in [0.2, 0.25) is 10.0 Å². The number of fused-ring (bicyclic) bond motifs is 5. The van der Waals surface area contributed by atoms with Gasteiger partial charge in [-0.1, -0.05) is 189 Å². The van der Waals surface area contributed by atoms with Crippen molar-refractivity contribution in [3.8, 4) is 39.7 Å². The quantitative estimate of drug-likeness (QED) is 0.0471. The first kappa shape index (κ1) is 99.2. The van der Waals surface area contributed by atoms with Crippen molar-refractivity contribution in [2.75, 3.05) is 63.9 Å². The largest absolute Gasteiger partial charge is 0.417 e. The monoisotopic (exact) mass is 2010 g/mol. The number of pyridine rings is 10. The molecule has 1 aliphatic heterocycles. The van der Waals surface area contributed by atoms with E-state index >= 15 is 0 Å². The van der Waals surface area contributed by atoms with E-state index in [0.29, 0.717) is 129 Å². The van der Waals surface area contributed by atoms with Crippen molar-refractivity contribution >= 4 is 140 Å². The fourth-order valence-electron chi connectivity index (χ4n) is 17.5. The minimum Gasteiger partial charge on any atom is -0.354 e. The maximum atomic E-state index is 14.3. The number of benzene rings is 10. The minimum atomic E-state index is -4.73. The molecular weight excluding hydrogens is 1900 g/mol. The lowest BCUT2D eigenvalue weighted by Crippen LogP contribution is -2.48. The zero-order valence-electron chi connectivity index (χ0n) is 80.3. The minimum absolute atomic E-state index is 0. The Balaban J connectivity index is 0.000000158. The Labute approximate surface area is 852 Å². The summed E-state index contributed by atoms with van der Waals surface area (Å²) < 4.78 is 105. The van der Waals surface area contributed by atoms with Crippen LogP contribution < -0.4 is 58.6 Å². The molecule has 0 bridgehead atoms. The number of nitrogens with one attached hydrogen (secondary N) is 5. The number of hydrogen-bond donors (Lipinski definition) is 5. The lowest BCUT2D eigenvalue weighted by Gasteiger charge is -2.34. The summed E-state index contributed by atoms with van der Waals surface area (Å²) in [7, 11) is -3.23. The Bertz CT molecular complexity index is 8760. The average Bonchev–Trinajstić information content (AvgIpc) is 1.15. The molecule has 0 radical (unpaired) electrons. The van der Waals surface area contributed by atoms with E-state index in [1.165, 1.54) is 46.3 Å². The highest BCUT2D eigenvalue weighted by Crippen LogP contribution is 2.40. The van der Waals surface area contributed by atoms with Crippen molar-refractivity contribution < 1.29 is 37.5 Å². The van der Waals surface area contributed by atoms with Crippen LogP contribution in [0.1, 0.15) is 47.6 Å². The fourth-order valence-corrected chi connectivity index (χ4v) is 19.0. The topological polar surface area (TPSA) is 275 Å². The number of aromatic nitrogens is 10. The summed E-state index contributed by atoms with van der Waals surface area (Å²) in [4.78, 5) is 89.4. The lowest BCUT2D eigenvalue weighted by molar-refractivity contribution is -0.136. The van der Waals surface area contributed by atoms with Crippen molar-refractivity contribution in [1.29, 1.82) is 0 Å². The van der Waals surface area contributed by atoms with E-state index < -0.39 is 44.2 Å². The van der Waals surface area contributed by atoms with Crippen molar-refractivity contribution in [2.24, 2.45) is 0 Å². The van der Waals surface area contributed by atoms with Gasteiger partial charge < -0.3 is 31.5 Å². The molecule has 10 aromatic carbocycles. The van der Waals surface area contributed by atoms with Gasteiger partial charge in [0.25, 0.3) is 0 Å². The van der Waals surface area contributed by atoms with Crippen molar-refractivity contribution in [3.05, 3.63) is 477 Å². The molecule has 1 saturated heterocycles. The lowest BCUT2D eigenvalue weighted by atomic mass is 10.1. The van der Waals surface area contributed by atoms with Gasteiger partial charge in [0.15, 0.2) is 38.4 Å². The molecule has 21 aromatic rings. The predicted octanol–water partition coefficient (Wildman–Crippen LogP) is 25.8. The Kier molecular flexibility index (Phi) is 29.6. The van der Waals surface area contributed by atoms with Gasteiger partial charge in [0, 0.05) is 148 Å². The Morgan fingerprint density at radius 1 is 0.367 bits per heavy atom. The van der Waals surface area contributed by atoms with E-state index in [1.807, 2.05) is 325 Å². The molecular formula is C116H106F5N17O7S2. The molecule has 147 heavy (non-hydrogen) atoms. The van der Waals surface area contributed by atoms with E-state index in [0.717, 1.165) is 80.4 Å². The first-order valence-electron chi connectivity index (χ1n) is 47.0.